The van der Waals surface area contributed by atoms with Crippen molar-refractivity contribution in [2.45, 2.75) is 64.1 Å². The molecule has 0 unspecified atom stereocenters. The van der Waals surface area contributed by atoms with Crippen molar-refractivity contribution < 1.29 is 14.4 Å². The molecular formula is C20H27ClN4O3. The van der Waals surface area contributed by atoms with Gasteiger partial charge >= 0.3 is 6.03 Å². The average molecular weight is 407 g/mol. The van der Waals surface area contributed by atoms with Crippen LogP contribution in [0, 0.1) is 6.92 Å². The van der Waals surface area contributed by atoms with Crippen LogP contribution in [-0.2, 0) is 9.59 Å². The van der Waals surface area contributed by atoms with Crippen LogP contribution in [0.5, 0.6) is 0 Å². The number of piperazine rings is 1. The zero-order valence-corrected chi connectivity index (χ0v) is 17.0. The van der Waals surface area contributed by atoms with Crippen LogP contribution in [0.1, 0.15) is 44.6 Å². The summed E-state index contributed by atoms with van der Waals surface area (Å²) in [6.45, 7) is 4.18. The summed E-state index contributed by atoms with van der Waals surface area (Å²) in [5, 5.41) is 9.15. The van der Waals surface area contributed by atoms with Crippen molar-refractivity contribution in [1.29, 1.82) is 0 Å². The smallest absolute Gasteiger partial charge is 0.318 e. The minimum atomic E-state index is -0.827. The number of nitrogens with zero attached hydrogens (tertiary/aromatic N) is 1. The molecule has 0 spiro atoms. The normalized spacial score (nSPS) is 24.2. The zero-order chi connectivity index (χ0) is 20.3. The first-order chi connectivity index (χ1) is 13.4. The van der Waals surface area contributed by atoms with Crippen LogP contribution in [-0.4, -0.2) is 47.4 Å². The number of anilines is 1. The fourth-order valence-electron chi connectivity index (χ4n) is 4.03. The quantitative estimate of drug-likeness (QED) is 0.718. The number of nitrogens with one attached hydrogen (secondary N) is 3. The van der Waals surface area contributed by atoms with E-state index in [-0.39, 0.29) is 36.3 Å². The maximum atomic E-state index is 12.7. The number of urea groups is 1. The number of fused-ring (bicyclic) bond motifs is 1. The molecule has 8 heteroatoms. The third-order valence-corrected chi connectivity index (χ3v) is 5.86. The highest BCUT2D eigenvalue weighted by Crippen LogP contribution is 2.30. The molecule has 0 radical (unpaired) electrons. The van der Waals surface area contributed by atoms with Crippen LogP contribution in [0.2, 0.25) is 5.02 Å². The lowest BCUT2D eigenvalue weighted by molar-refractivity contribution is -0.135. The fraction of sp³-hybridized carbons (Fsp3) is 0.550. The van der Waals surface area contributed by atoms with E-state index in [9.17, 15) is 14.4 Å². The molecule has 3 N–H and O–H groups in total. The SMILES string of the molecule is CCNC(=O)N1[C@H](CC(=O)Nc2ccc(C)c(Cl)c2)C(=O)N[C@@H]2CCCC[C@H]21. The number of hydrogen-bond acceptors (Lipinski definition) is 3. The number of hydrogen-bond donors (Lipinski definition) is 3. The standard InChI is InChI=1S/C20H27ClN4O3/c1-3-22-20(28)25-16-7-5-4-6-15(16)24-19(27)17(25)11-18(26)23-13-9-8-12(2)14(21)10-13/h8-10,15-17H,3-7,11H2,1-2H3,(H,22,28)(H,23,26)(H,24,27)/t15-,16-,17-/m1/s1. The Hall–Kier alpha value is -2.28. The molecule has 152 valence electrons. The Labute approximate surface area is 170 Å². The summed E-state index contributed by atoms with van der Waals surface area (Å²) in [7, 11) is 0. The van der Waals surface area contributed by atoms with Crippen LogP contribution in [0.25, 0.3) is 0 Å². The summed E-state index contributed by atoms with van der Waals surface area (Å²) >= 11 is 6.11. The second-order valence-electron chi connectivity index (χ2n) is 7.44. The summed E-state index contributed by atoms with van der Waals surface area (Å²) in [6.07, 6.45) is 3.62. The van der Waals surface area contributed by atoms with E-state index in [4.69, 9.17) is 11.6 Å². The monoisotopic (exact) mass is 406 g/mol. The number of benzene rings is 1. The van der Waals surface area contributed by atoms with Gasteiger partial charge < -0.3 is 20.9 Å². The molecule has 4 amide bonds. The lowest BCUT2D eigenvalue weighted by atomic mass is 9.85. The molecular weight excluding hydrogens is 380 g/mol. The van der Waals surface area contributed by atoms with Gasteiger partial charge in [0, 0.05) is 23.3 Å². The van der Waals surface area contributed by atoms with Gasteiger partial charge in [-0.05, 0) is 44.4 Å². The third kappa shape index (κ3) is 4.41. The summed E-state index contributed by atoms with van der Waals surface area (Å²) in [4.78, 5) is 39.6. The van der Waals surface area contributed by atoms with E-state index in [2.05, 4.69) is 16.0 Å². The first-order valence-corrected chi connectivity index (χ1v) is 10.2. The molecule has 3 atom stereocenters. The molecule has 1 aromatic carbocycles. The molecule has 2 fully saturated rings. The van der Waals surface area contributed by atoms with E-state index in [1.54, 1.807) is 17.0 Å². The molecule has 1 aromatic rings. The van der Waals surface area contributed by atoms with Crippen LogP contribution in [0.3, 0.4) is 0 Å². The molecule has 28 heavy (non-hydrogen) atoms. The van der Waals surface area contributed by atoms with Gasteiger partial charge in [0.2, 0.25) is 11.8 Å². The number of rotatable bonds is 4. The summed E-state index contributed by atoms with van der Waals surface area (Å²) in [5.41, 5.74) is 1.48. The minimum absolute atomic E-state index is 0.0425. The van der Waals surface area contributed by atoms with Gasteiger partial charge in [-0.15, -0.1) is 0 Å². The topological polar surface area (TPSA) is 90.5 Å². The maximum absolute atomic E-state index is 12.7. The van der Waals surface area contributed by atoms with Gasteiger partial charge in [0.25, 0.3) is 0 Å². The van der Waals surface area contributed by atoms with Crippen LogP contribution in [0.15, 0.2) is 18.2 Å². The molecule has 1 aliphatic carbocycles. The number of carbonyl (C=O) groups excluding carboxylic acids is 3. The van der Waals surface area contributed by atoms with E-state index >= 15 is 0 Å². The second kappa shape index (κ2) is 8.82. The van der Waals surface area contributed by atoms with E-state index in [1.165, 1.54) is 0 Å². The molecule has 0 aromatic heterocycles. The summed E-state index contributed by atoms with van der Waals surface area (Å²) in [6, 6.07) is 4.02. The van der Waals surface area contributed by atoms with E-state index in [1.807, 2.05) is 19.9 Å². The highest BCUT2D eigenvalue weighted by molar-refractivity contribution is 6.31. The minimum Gasteiger partial charge on any atom is -0.349 e. The molecule has 1 heterocycles. The van der Waals surface area contributed by atoms with Crippen LogP contribution >= 0.6 is 11.6 Å². The average Bonchev–Trinajstić information content (AvgIpc) is 2.65. The van der Waals surface area contributed by atoms with Crippen molar-refractivity contribution in [3.05, 3.63) is 28.8 Å². The Morgan fingerprint density at radius 3 is 2.75 bits per heavy atom. The highest BCUT2D eigenvalue weighted by atomic mass is 35.5. The first kappa shape index (κ1) is 20.5. The summed E-state index contributed by atoms with van der Waals surface area (Å²) in [5.74, 6) is -0.602. The number of amides is 4. The van der Waals surface area contributed by atoms with Crippen LogP contribution < -0.4 is 16.0 Å². The van der Waals surface area contributed by atoms with Crippen molar-refractivity contribution in [3.63, 3.8) is 0 Å². The summed E-state index contributed by atoms with van der Waals surface area (Å²) < 4.78 is 0. The highest BCUT2D eigenvalue weighted by Gasteiger charge is 2.45. The van der Waals surface area contributed by atoms with Crippen molar-refractivity contribution >= 4 is 35.1 Å². The Kier molecular flexibility index (Phi) is 6.44. The Morgan fingerprint density at radius 2 is 2.04 bits per heavy atom. The molecule has 1 saturated carbocycles. The lowest BCUT2D eigenvalue weighted by Crippen LogP contribution is -2.69. The number of carbonyl (C=O) groups is 3. The van der Waals surface area contributed by atoms with Gasteiger partial charge in [-0.1, -0.05) is 30.5 Å². The molecule has 3 rings (SSSR count). The van der Waals surface area contributed by atoms with Gasteiger partial charge in [-0.25, -0.2) is 4.79 Å². The van der Waals surface area contributed by atoms with Crippen molar-refractivity contribution in [2.75, 3.05) is 11.9 Å². The zero-order valence-electron chi connectivity index (χ0n) is 16.3. The second-order valence-corrected chi connectivity index (χ2v) is 7.85. The molecule has 0 bridgehead atoms. The lowest BCUT2D eigenvalue weighted by Gasteiger charge is -2.47. The predicted octanol–water partition coefficient (Wildman–Crippen LogP) is 2.82. The number of aryl methyl sites for hydroxylation is 1. The van der Waals surface area contributed by atoms with Gasteiger partial charge in [-0.2, -0.15) is 0 Å². The van der Waals surface area contributed by atoms with Crippen LogP contribution in [0.4, 0.5) is 10.5 Å². The van der Waals surface area contributed by atoms with E-state index < -0.39 is 6.04 Å². The first-order valence-electron chi connectivity index (χ1n) is 9.83. The Morgan fingerprint density at radius 1 is 1.29 bits per heavy atom. The van der Waals surface area contributed by atoms with Gasteiger partial charge in [0.05, 0.1) is 12.5 Å². The van der Waals surface area contributed by atoms with Crippen molar-refractivity contribution in [2.24, 2.45) is 0 Å². The van der Waals surface area contributed by atoms with E-state index in [0.29, 0.717) is 17.3 Å². The van der Waals surface area contributed by atoms with Gasteiger partial charge in [0.15, 0.2) is 0 Å². The Bertz CT molecular complexity index is 770. The Balaban J connectivity index is 1.76. The largest absolute Gasteiger partial charge is 0.349 e. The van der Waals surface area contributed by atoms with Gasteiger partial charge in [-0.3, -0.25) is 9.59 Å². The van der Waals surface area contributed by atoms with Crippen molar-refractivity contribution in [3.8, 4) is 0 Å². The van der Waals surface area contributed by atoms with Crippen molar-refractivity contribution in [1.82, 2.24) is 15.5 Å². The molecule has 7 nitrogen and oxygen atoms in total. The molecule has 1 aliphatic heterocycles. The van der Waals surface area contributed by atoms with Gasteiger partial charge in [0.1, 0.15) is 6.04 Å². The third-order valence-electron chi connectivity index (χ3n) is 5.45. The number of halogens is 1. The maximum Gasteiger partial charge on any atom is 0.318 e. The molecule has 1 saturated heterocycles. The fourth-order valence-corrected chi connectivity index (χ4v) is 4.21. The van der Waals surface area contributed by atoms with E-state index in [0.717, 1.165) is 31.2 Å². The molecule has 2 aliphatic rings. The predicted molar refractivity (Wildman–Crippen MR) is 108 cm³/mol.